The second-order valence-corrected chi connectivity index (χ2v) is 6.81. The molecule has 0 spiro atoms. The first-order valence-corrected chi connectivity index (χ1v) is 8.88. The van der Waals surface area contributed by atoms with E-state index in [-0.39, 0.29) is 30.7 Å². The van der Waals surface area contributed by atoms with Crippen molar-refractivity contribution in [2.45, 2.75) is 39.5 Å². The van der Waals surface area contributed by atoms with E-state index in [1.807, 2.05) is 38.1 Å². The zero-order valence-corrected chi connectivity index (χ0v) is 16.1. The van der Waals surface area contributed by atoms with Crippen molar-refractivity contribution in [3.05, 3.63) is 58.1 Å². The third-order valence-corrected chi connectivity index (χ3v) is 3.84. The van der Waals surface area contributed by atoms with Gasteiger partial charge in [-0.25, -0.2) is 0 Å². The molecule has 0 unspecified atom stereocenters. The van der Waals surface area contributed by atoms with Crippen molar-refractivity contribution in [3.8, 4) is 11.5 Å². The molecule has 7 heteroatoms. The van der Waals surface area contributed by atoms with E-state index in [0.717, 1.165) is 5.56 Å². The van der Waals surface area contributed by atoms with Gasteiger partial charge < -0.3 is 14.8 Å². The molecule has 0 aromatic heterocycles. The van der Waals surface area contributed by atoms with E-state index in [9.17, 15) is 13.6 Å². The maximum atomic E-state index is 12.5. The molecule has 0 aliphatic carbocycles. The molecule has 0 atom stereocenters. The summed E-state index contributed by atoms with van der Waals surface area (Å²) in [6, 6.07) is 12.0. The van der Waals surface area contributed by atoms with Crippen molar-refractivity contribution in [2.75, 3.05) is 0 Å². The second kappa shape index (κ2) is 9.52. The highest BCUT2D eigenvalue weighted by atomic mass is 79.9. The number of carbonyl (C=O) groups is 1. The topological polar surface area (TPSA) is 47.6 Å². The maximum Gasteiger partial charge on any atom is 0.387 e. The molecule has 2 aromatic rings. The summed E-state index contributed by atoms with van der Waals surface area (Å²) >= 11 is 3.28. The van der Waals surface area contributed by atoms with E-state index in [1.54, 1.807) is 12.1 Å². The average molecular weight is 428 g/mol. The van der Waals surface area contributed by atoms with Crippen LogP contribution in [-0.2, 0) is 17.8 Å². The predicted octanol–water partition coefficient (Wildman–Crippen LogP) is 4.70. The number of amides is 1. The van der Waals surface area contributed by atoms with Crippen LogP contribution >= 0.6 is 15.9 Å². The van der Waals surface area contributed by atoms with Gasteiger partial charge in [0.2, 0.25) is 5.91 Å². The summed E-state index contributed by atoms with van der Waals surface area (Å²) in [4.78, 5) is 12.2. The number of halogens is 3. The van der Waals surface area contributed by atoms with Crippen LogP contribution in [0, 0.1) is 0 Å². The van der Waals surface area contributed by atoms with Crippen LogP contribution in [0.5, 0.6) is 11.5 Å². The van der Waals surface area contributed by atoms with E-state index < -0.39 is 6.61 Å². The highest BCUT2D eigenvalue weighted by Gasteiger charge is 2.12. The largest absolute Gasteiger partial charge is 0.491 e. The fraction of sp³-hybridized carbons (Fsp3) is 0.316. The Bertz CT molecular complexity index is 753. The Balaban J connectivity index is 1.98. The quantitative estimate of drug-likeness (QED) is 0.664. The maximum absolute atomic E-state index is 12.5. The summed E-state index contributed by atoms with van der Waals surface area (Å²) in [5.41, 5.74) is 1.27. The Morgan fingerprint density at radius 1 is 1.15 bits per heavy atom. The highest BCUT2D eigenvalue weighted by molar-refractivity contribution is 9.10. The van der Waals surface area contributed by atoms with Gasteiger partial charge in [0.25, 0.3) is 0 Å². The molecule has 1 N–H and O–H groups in total. The van der Waals surface area contributed by atoms with Gasteiger partial charge in [0, 0.05) is 16.6 Å². The van der Waals surface area contributed by atoms with Crippen LogP contribution in [0.1, 0.15) is 25.0 Å². The minimum absolute atomic E-state index is 0.0378. The molecule has 0 heterocycles. The molecule has 0 aliphatic rings. The van der Waals surface area contributed by atoms with Gasteiger partial charge in [-0.05, 0) is 49.7 Å². The number of nitrogens with one attached hydrogen (secondary N) is 1. The summed E-state index contributed by atoms with van der Waals surface area (Å²) in [6.07, 6.45) is 0.206. The van der Waals surface area contributed by atoms with Crippen molar-refractivity contribution in [3.63, 3.8) is 0 Å². The third kappa shape index (κ3) is 6.63. The molecule has 0 aliphatic heterocycles. The fourth-order valence-corrected chi connectivity index (χ4v) is 2.75. The second-order valence-electron chi connectivity index (χ2n) is 5.90. The molecular weight excluding hydrogens is 408 g/mol. The SMILES string of the molecule is CC(C)Oc1cccc(CC(=O)NCc2cc(Br)ccc2OC(F)F)c1. The number of ether oxygens (including phenoxy) is 2. The number of hydrogen-bond acceptors (Lipinski definition) is 3. The molecule has 0 radical (unpaired) electrons. The molecule has 0 saturated carbocycles. The van der Waals surface area contributed by atoms with Crippen LogP contribution < -0.4 is 14.8 Å². The lowest BCUT2D eigenvalue weighted by Crippen LogP contribution is -2.25. The van der Waals surface area contributed by atoms with Gasteiger partial charge in [-0.2, -0.15) is 8.78 Å². The lowest BCUT2D eigenvalue weighted by molar-refractivity contribution is -0.120. The molecule has 26 heavy (non-hydrogen) atoms. The summed E-state index contributed by atoms with van der Waals surface area (Å²) in [7, 11) is 0. The molecule has 1 amide bonds. The Hall–Kier alpha value is -2.15. The van der Waals surface area contributed by atoms with Gasteiger partial charge in [-0.1, -0.05) is 28.1 Å². The van der Waals surface area contributed by atoms with Crippen molar-refractivity contribution >= 4 is 21.8 Å². The minimum Gasteiger partial charge on any atom is -0.491 e. The average Bonchev–Trinajstić information content (AvgIpc) is 2.54. The molecule has 4 nitrogen and oxygen atoms in total. The molecule has 2 aromatic carbocycles. The van der Waals surface area contributed by atoms with E-state index in [2.05, 4.69) is 26.0 Å². The van der Waals surface area contributed by atoms with Crippen LogP contribution in [0.2, 0.25) is 0 Å². The van der Waals surface area contributed by atoms with Crippen LogP contribution in [0.4, 0.5) is 8.78 Å². The summed E-state index contributed by atoms with van der Waals surface area (Å²) in [5.74, 6) is 0.510. The lowest BCUT2D eigenvalue weighted by atomic mass is 10.1. The molecule has 0 fully saturated rings. The molecule has 0 saturated heterocycles. The van der Waals surface area contributed by atoms with Crippen LogP contribution in [0.25, 0.3) is 0 Å². The molecule has 140 valence electrons. The number of carbonyl (C=O) groups excluding carboxylic acids is 1. The number of alkyl halides is 2. The molecule has 0 bridgehead atoms. The first-order chi connectivity index (χ1) is 12.3. The van der Waals surface area contributed by atoms with Crippen LogP contribution in [-0.4, -0.2) is 18.6 Å². The number of rotatable bonds is 8. The van der Waals surface area contributed by atoms with Gasteiger partial charge in [0.05, 0.1) is 12.5 Å². The van der Waals surface area contributed by atoms with Crippen LogP contribution in [0.15, 0.2) is 46.9 Å². The Morgan fingerprint density at radius 2 is 1.92 bits per heavy atom. The zero-order valence-electron chi connectivity index (χ0n) is 14.5. The number of hydrogen-bond donors (Lipinski definition) is 1. The smallest absolute Gasteiger partial charge is 0.387 e. The third-order valence-electron chi connectivity index (χ3n) is 3.35. The van der Waals surface area contributed by atoms with Crippen molar-refractivity contribution < 1.29 is 23.0 Å². The zero-order chi connectivity index (χ0) is 19.1. The van der Waals surface area contributed by atoms with Gasteiger partial charge in [0.15, 0.2) is 0 Å². The summed E-state index contributed by atoms with van der Waals surface area (Å²) < 4.78 is 35.8. The van der Waals surface area contributed by atoms with E-state index >= 15 is 0 Å². The number of benzene rings is 2. The van der Waals surface area contributed by atoms with E-state index in [1.165, 1.54) is 6.07 Å². The van der Waals surface area contributed by atoms with Gasteiger partial charge in [0.1, 0.15) is 11.5 Å². The van der Waals surface area contributed by atoms with E-state index in [4.69, 9.17) is 4.74 Å². The monoisotopic (exact) mass is 427 g/mol. The van der Waals surface area contributed by atoms with Gasteiger partial charge in [-0.15, -0.1) is 0 Å². The Morgan fingerprint density at radius 3 is 2.62 bits per heavy atom. The molecular formula is C19H20BrF2NO3. The van der Waals surface area contributed by atoms with Gasteiger partial charge in [-0.3, -0.25) is 4.79 Å². The van der Waals surface area contributed by atoms with Crippen molar-refractivity contribution in [2.24, 2.45) is 0 Å². The highest BCUT2D eigenvalue weighted by Crippen LogP contribution is 2.24. The standard InChI is InChI=1S/C19H20BrF2NO3/c1-12(2)25-16-5-3-4-13(8-16)9-18(24)23-11-14-10-15(20)6-7-17(14)26-19(21)22/h3-8,10,12,19H,9,11H2,1-2H3,(H,23,24). The summed E-state index contributed by atoms with van der Waals surface area (Å²) in [6.45, 7) is 1.02. The summed E-state index contributed by atoms with van der Waals surface area (Å²) in [5, 5.41) is 2.72. The van der Waals surface area contributed by atoms with Gasteiger partial charge >= 0.3 is 6.61 Å². The normalized spacial score (nSPS) is 10.9. The fourth-order valence-electron chi connectivity index (χ4n) is 2.34. The minimum atomic E-state index is -2.92. The lowest BCUT2D eigenvalue weighted by Gasteiger charge is -2.13. The first-order valence-electron chi connectivity index (χ1n) is 8.09. The van der Waals surface area contributed by atoms with E-state index in [0.29, 0.717) is 15.8 Å². The Labute approximate surface area is 159 Å². The van der Waals surface area contributed by atoms with Crippen molar-refractivity contribution in [1.29, 1.82) is 0 Å². The predicted molar refractivity (Wildman–Crippen MR) is 98.5 cm³/mol. The van der Waals surface area contributed by atoms with Crippen molar-refractivity contribution in [1.82, 2.24) is 5.32 Å². The van der Waals surface area contributed by atoms with Crippen LogP contribution in [0.3, 0.4) is 0 Å². The first kappa shape index (κ1) is 20.2. The Kier molecular flexibility index (Phi) is 7.38. The molecule has 2 rings (SSSR count).